The first kappa shape index (κ1) is 14.3. The first-order chi connectivity index (χ1) is 9.30. The van der Waals surface area contributed by atoms with Crippen LogP contribution < -0.4 is 5.32 Å². The van der Waals surface area contributed by atoms with Crippen molar-refractivity contribution in [2.45, 2.75) is 39.2 Å². The highest BCUT2D eigenvalue weighted by molar-refractivity contribution is 5.98. The Morgan fingerprint density at radius 1 is 1.50 bits per heavy atom. The lowest BCUT2D eigenvalue weighted by molar-refractivity contribution is -0.385. The number of nitro groups is 1. The third kappa shape index (κ3) is 2.89. The Kier molecular flexibility index (Phi) is 3.65. The lowest BCUT2D eigenvalue weighted by atomic mass is 9.92. The minimum absolute atomic E-state index is 0.0519. The fraction of sp³-hybridized carbons (Fsp3) is 0.500. The summed E-state index contributed by atoms with van der Waals surface area (Å²) in [7, 11) is 0. The topological polar surface area (TPSA) is 92.5 Å². The summed E-state index contributed by atoms with van der Waals surface area (Å²) in [4.78, 5) is 22.2. The Morgan fingerprint density at radius 3 is 2.75 bits per heavy atom. The van der Waals surface area contributed by atoms with E-state index in [2.05, 4.69) is 19.2 Å². The van der Waals surface area contributed by atoms with E-state index in [0.29, 0.717) is 0 Å². The van der Waals surface area contributed by atoms with Crippen molar-refractivity contribution in [1.82, 2.24) is 5.32 Å². The molecule has 20 heavy (non-hydrogen) atoms. The molecule has 1 atom stereocenters. The number of nitrogens with one attached hydrogen (secondary N) is 1. The van der Waals surface area contributed by atoms with Gasteiger partial charge in [-0.1, -0.05) is 19.9 Å². The van der Waals surface area contributed by atoms with Gasteiger partial charge in [0, 0.05) is 12.1 Å². The molecule has 0 bridgehead atoms. The molecular weight excluding hydrogens is 260 g/mol. The maximum atomic E-state index is 12.1. The highest BCUT2D eigenvalue weighted by Crippen LogP contribution is 2.37. The highest BCUT2D eigenvalue weighted by Gasteiger charge is 2.32. The van der Waals surface area contributed by atoms with Gasteiger partial charge in [0.25, 0.3) is 5.91 Å². The van der Waals surface area contributed by atoms with E-state index in [0.717, 1.165) is 19.3 Å². The largest absolute Gasteiger partial charge is 0.502 e. The molecule has 1 aromatic carbocycles. The molecule has 1 fully saturated rings. The van der Waals surface area contributed by atoms with E-state index in [1.54, 1.807) is 0 Å². The number of amides is 1. The molecule has 1 aromatic rings. The maximum absolute atomic E-state index is 12.1. The number of nitrogens with zero attached hydrogens (tertiary/aromatic N) is 1. The zero-order valence-electron chi connectivity index (χ0n) is 11.5. The predicted molar refractivity (Wildman–Crippen MR) is 73.6 cm³/mol. The first-order valence-electron chi connectivity index (χ1n) is 6.57. The van der Waals surface area contributed by atoms with Crippen molar-refractivity contribution in [1.29, 1.82) is 0 Å². The van der Waals surface area contributed by atoms with Crippen LogP contribution in [0.3, 0.4) is 0 Å². The molecular formula is C14H18N2O4. The van der Waals surface area contributed by atoms with Crippen LogP contribution in [0, 0.1) is 15.5 Å². The molecule has 2 rings (SSSR count). The third-order valence-electron chi connectivity index (χ3n) is 3.76. The van der Waals surface area contributed by atoms with E-state index >= 15 is 0 Å². The SMILES string of the molecule is CC1(C)CCC(NC(=O)c2cccc([N+](=O)[O-])c2O)C1. The van der Waals surface area contributed by atoms with Gasteiger partial charge in [-0.15, -0.1) is 0 Å². The lowest BCUT2D eigenvalue weighted by Gasteiger charge is -2.18. The summed E-state index contributed by atoms with van der Waals surface area (Å²) in [5.41, 5.74) is -0.309. The summed E-state index contributed by atoms with van der Waals surface area (Å²) in [6.45, 7) is 4.29. The summed E-state index contributed by atoms with van der Waals surface area (Å²) in [5.74, 6) is -1.04. The Hall–Kier alpha value is -2.11. The number of carbonyl (C=O) groups excluding carboxylic acids is 1. The van der Waals surface area contributed by atoms with E-state index in [4.69, 9.17) is 0 Å². The number of rotatable bonds is 3. The molecule has 0 saturated heterocycles. The van der Waals surface area contributed by atoms with Gasteiger partial charge >= 0.3 is 5.69 Å². The van der Waals surface area contributed by atoms with Gasteiger partial charge < -0.3 is 10.4 Å². The van der Waals surface area contributed by atoms with Crippen molar-refractivity contribution in [2.24, 2.45) is 5.41 Å². The number of para-hydroxylation sites is 1. The normalized spacial score (nSPS) is 20.6. The van der Waals surface area contributed by atoms with Crippen LogP contribution in [0.5, 0.6) is 5.75 Å². The monoisotopic (exact) mass is 278 g/mol. The Morgan fingerprint density at radius 2 is 2.20 bits per heavy atom. The van der Waals surface area contributed by atoms with Crippen LogP contribution >= 0.6 is 0 Å². The Labute approximate surface area is 117 Å². The van der Waals surface area contributed by atoms with Gasteiger partial charge in [0.1, 0.15) is 0 Å². The highest BCUT2D eigenvalue weighted by atomic mass is 16.6. The van der Waals surface area contributed by atoms with Gasteiger partial charge in [0.05, 0.1) is 10.5 Å². The molecule has 2 N–H and O–H groups in total. The van der Waals surface area contributed by atoms with Gasteiger partial charge in [0.2, 0.25) is 5.75 Å². The predicted octanol–water partition coefficient (Wildman–Crippen LogP) is 2.61. The number of hydrogen-bond acceptors (Lipinski definition) is 4. The smallest absolute Gasteiger partial charge is 0.311 e. The van der Waals surface area contributed by atoms with E-state index in [1.165, 1.54) is 18.2 Å². The van der Waals surface area contributed by atoms with Crippen LogP contribution in [0.1, 0.15) is 43.5 Å². The molecule has 1 aliphatic carbocycles. The summed E-state index contributed by atoms with van der Waals surface area (Å²) in [6.07, 6.45) is 2.78. The molecule has 0 heterocycles. The van der Waals surface area contributed by atoms with Crippen molar-refractivity contribution < 1.29 is 14.8 Å². The Bertz CT molecular complexity index is 554. The number of hydrogen-bond donors (Lipinski definition) is 2. The van der Waals surface area contributed by atoms with E-state index in [-0.39, 0.29) is 17.0 Å². The zero-order chi connectivity index (χ0) is 14.9. The molecule has 6 heteroatoms. The van der Waals surface area contributed by atoms with Crippen LogP contribution in [0.4, 0.5) is 5.69 Å². The van der Waals surface area contributed by atoms with Crippen molar-refractivity contribution in [3.8, 4) is 5.75 Å². The quantitative estimate of drug-likeness (QED) is 0.656. The average Bonchev–Trinajstić information content (AvgIpc) is 2.68. The Balaban J connectivity index is 2.14. The zero-order valence-corrected chi connectivity index (χ0v) is 11.5. The maximum Gasteiger partial charge on any atom is 0.311 e. The van der Waals surface area contributed by atoms with Gasteiger partial charge in [-0.25, -0.2) is 0 Å². The summed E-state index contributed by atoms with van der Waals surface area (Å²) in [6, 6.07) is 4.00. The van der Waals surface area contributed by atoms with Crippen LogP contribution in [-0.2, 0) is 0 Å². The van der Waals surface area contributed by atoms with Crippen LogP contribution in [-0.4, -0.2) is 22.0 Å². The molecule has 0 spiro atoms. The van der Waals surface area contributed by atoms with Gasteiger partial charge in [-0.2, -0.15) is 0 Å². The van der Waals surface area contributed by atoms with Gasteiger partial charge in [0.15, 0.2) is 0 Å². The molecule has 0 aliphatic heterocycles. The van der Waals surface area contributed by atoms with Crippen molar-refractivity contribution in [2.75, 3.05) is 0 Å². The molecule has 0 aromatic heterocycles. The second-order valence-corrected chi connectivity index (χ2v) is 6.01. The summed E-state index contributed by atoms with van der Waals surface area (Å²) >= 11 is 0. The number of benzene rings is 1. The molecule has 6 nitrogen and oxygen atoms in total. The van der Waals surface area contributed by atoms with E-state index < -0.39 is 22.3 Å². The van der Waals surface area contributed by atoms with Crippen LogP contribution in [0.15, 0.2) is 18.2 Å². The molecule has 1 unspecified atom stereocenters. The second kappa shape index (κ2) is 5.11. The molecule has 1 amide bonds. The summed E-state index contributed by atoms with van der Waals surface area (Å²) in [5, 5.41) is 23.4. The second-order valence-electron chi connectivity index (χ2n) is 6.01. The summed E-state index contributed by atoms with van der Waals surface area (Å²) < 4.78 is 0. The standard InChI is InChI=1S/C14H18N2O4/c1-14(2)7-6-9(8-14)15-13(18)10-4-3-5-11(12(10)17)16(19)20/h3-5,9,17H,6-8H2,1-2H3,(H,15,18). The van der Waals surface area contributed by atoms with Crippen molar-refractivity contribution in [3.05, 3.63) is 33.9 Å². The third-order valence-corrected chi connectivity index (χ3v) is 3.76. The minimum atomic E-state index is -0.704. The molecule has 1 aliphatic rings. The molecule has 108 valence electrons. The van der Waals surface area contributed by atoms with E-state index in [9.17, 15) is 20.0 Å². The van der Waals surface area contributed by atoms with Crippen molar-refractivity contribution in [3.63, 3.8) is 0 Å². The fourth-order valence-electron chi connectivity index (χ4n) is 2.68. The van der Waals surface area contributed by atoms with Gasteiger partial charge in [-0.05, 0) is 30.7 Å². The number of phenolic OH excluding ortho intramolecular Hbond substituents is 1. The number of nitro benzene ring substituents is 1. The van der Waals surface area contributed by atoms with Gasteiger partial charge in [-0.3, -0.25) is 14.9 Å². The van der Waals surface area contributed by atoms with E-state index in [1.807, 2.05) is 0 Å². The minimum Gasteiger partial charge on any atom is -0.502 e. The number of phenols is 1. The number of carbonyl (C=O) groups is 1. The molecule has 1 saturated carbocycles. The lowest BCUT2D eigenvalue weighted by Crippen LogP contribution is -2.33. The van der Waals surface area contributed by atoms with Crippen LogP contribution in [0.25, 0.3) is 0 Å². The fourth-order valence-corrected chi connectivity index (χ4v) is 2.68. The average molecular weight is 278 g/mol. The van der Waals surface area contributed by atoms with Crippen molar-refractivity contribution >= 4 is 11.6 Å². The van der Waals surface area contributed by atoms with Crippen LogP contribution in [0.2, 0.25) is 0 Å². The number of aromatic hydroxyl groups is 1. The first-order valence-corrected chi connectivity index (χ1v) is 6.57. The molecule has 0 radical (unpaired) electrons.